The highest BCUT2D eigenvalue weighted by molar-refractivity contribution is 6.00. The van der Waals surface area contributed by atoms with Crippen molar-refractivity contribution >= 4 is 17.1 Å². The van der Waals surface area contributed by atoms with Gasteiger partial charge in [0.1, 0.15) is 0 Å². The van der Waals surface area contributed by atoms with Crippen LogP contribution in [-0.2, 0) is 5.41 Å². The Morgan fingerprint density at radius 3 is 1.50 bits per heavy atom. The molecular weight excluding hydrogens is 677 g/mol. The highest BCUT2D eigenvalue weighted by Gasteiger charge is 2.52. The van der Waals surface area contributed by atoms with Gasteiger partial charge in [-0.05, 0) is 98.1 Å². The maximum atomic E-state index is 5.50. The van der Waals surface area contributed by atoms with Crippen molar-refractivity contribution < 1.29 is 0 Å². The normalized spacial score (nSPS) is 13.1. The largest absolute Gasteiger partial charge is 0.310 e. The Morgan fingerprint density at radius 1 is 0.321 bits per heavy atom. The molecule has 0 amide bonds. The van der Waals surface area contributed by atoms with Crippen LogP contribution in [0.15, 0.2) is 218 Å². The van der Waals surface area contributed by atoms with Crippen molar-refractivity contribution in [2.24, 2.45) is 0 Å². The Hall–Kier alpha value is -7.29. The third kappa shape index (κ3) is 4.86. The molecule has 0 unspecified atom stereocenters. The van der Waals surface area contributed by atoms with Crippen LogP contribution >= 0.6 is 0 Å². The number of fused-ring (bicyclic) bond motifs is 9. The second kappa shape index (κ2) is 12.9. The van der Waals surface area contributed by atoms with E-state index in [0.29, 0.717) is 0 Å². The number of anilines is 3. The summed E-state index contributed by atoms with van der Waals surface area (Å²) in [6.45, 7) is 0. The summed E-state index contributed by atoms with van der Waals surface area (Å²) in [5.74, 6) is 0. The molecule has 1 aliphatic heterocycles. The van der Waals surface area contributed by atoms with E-state index in [1.165, 1.54) is 55.9 Å². The van der Waals surface area contributed by atoms with Crippen molar-refractivity contribution in [3.05, 3.63) is 241 Å². The van der Waals surface area contributed by atoms with Crippen molar-refractivity contribution in [1.29, 1.82) is 0 Å². The lowest BCUT2D eigenvalue weighted by Crippen LogP contribution is -2.36. The molecule has 0 N–H and O–H groups in total. The van der Waals surface area contributed by atoms with Gasteiger partial charge < -0.3 is 4.90 Å². The number of benzene rings is 8. The van der Waals surface area contributed by atoms with Gasteiger partial charge in [0.2, 0.25) is 0 Å². The highest BCUT2D eigenvalue weighted by Crippen LogP contribution is 2.64. The average molecular weight is 713 g/mol. The van der Waals surface area contributed by atoms with E-state index in [-0.39, 0.29) is 0 Å². The SMILES string of the molecule is c1ccc(-c2cccc(-c3cc(-c4ccccc4)nc(-c4cccc5c4-c4ccccc4C54c5ccccc5N(c5ccccc5)c5ccccc54)c3)c2)cc1. The summed E-state index contributed by atoms with van der Waals surface area (Å²) in [7, 11) is 0. The summed E-state index contributed by atoms with van der Waals surface area (Å²) < 4.78 is 0. The van der Waals surface area contributed by atoms with E-state index in [1.807, 2.05) is 0 Å². The van der Waals surface area contributed by atoms with E-state index in [0.717, 1.165) is 39.3 Å². The van der Waals surface area contributed by atoms with Gasteiger partial charge in [-0.2, -0.15) is 0 Å². The molecular formula is C54H36N2. The van der Waals surface area contributed by atoms with Crippen molar-refractivity contribution in [3.8, 4) is 55.9 Å². The van der Waals surface area contributed by atoms with E-state index < -0.39 is 5.41 Å². The number of hydrogen-bond acceptors (Lipinski definition) is 2. The minimum atomic E-state index is -0.537. The van der Waals surface area contributed by atoms with E-state index in [9.17, 15) is 0 Å². The summed E-state index contributed by atoms with van der Waals surface area (Å²) in [5, 5.41) is 0. The van der Waals surface area contributed by atoms with Crippen molar-refractivity contribution in [3.63, 3.8) is 0 Å². The Balaban J connectivity index is 1.18. The molecule has 2 heterocycles. The van der Waals surface area contributed by atoms with Crippen LogP contribution in [0.5, 0.6) is 0 Å². The molecule has 1 spiro atoms. The molecule has 11 rings (SSSR count). The fourth-order valence-electron chi connectivity index (χ4n) is 9.32. The summed E-state index contributed by atoms with van der Waals surface area (Å²) in [5.41, 5.74) is 19.4. The minimum Gasteiger partial charge on any atom is -0.310 e. The molecule has 262 valence electrons. The van der Waals surface area contributed by atoms with Crippen LogP contribution in [0.1, 0.15) is 22.3 Å². The summed E-state index contributed by atoms with van der Waals surface area (Å²) in [6, 6.07) is 79.2. The van der Waals surface area contributed by atoms with Crippen LogP contribution in [0.25, 0.3) is 55.9 Å². The third-order valence-electron chi connectivity index (χ3n) is 11.7. The molecule has 0 saturated carbocycles. The first-order valence-electron chi connectivity index (χ1n) is 19.3. The number of hydrogen-bond donors (Lipinski definition) is 0. The van der Waals surface area contributed by atoms with Crippen LogP contribution in [0.4, 0.5) is 17.1 Å². The van der Waals surface area contributed by atoms with Crippen LogP contribution in [0.3, 0.4) is 0 Å². The molecule has 1 aromatic heterocycles. The number of pyridine rings is 1. The highest BCUT2D eigenvalue weighted by atomic mass is 15.2. The first kappa shape index (κ1) is 32.2. The van der Waals surface area contributed by atoms with E-state index in [4.69, 9.17) is 4.98 Å². The molecule has 0 bridgehead atoms. The Morgan fingerprint density at radius 2 is 0.804 bits per heavy atom. The molecule has 2 nitrogen and oxygen atoms in total. The van der Waals surface area contributed by atoms with E-state index >= 15 is 0 Å². The number of rotatable bonds is 5. The monoisotopic (exact) mass is 712 g/mol. The van der Waals surface area contributed by atoms with Gasteiger partial charge in [0.05, 0.1) is 28.2 Å². The Kier molecular flexibility index (Phi) is 7.43. The van der Waals surface area contributed by atoms with E-state index in [2.05, 4.69) is 223 Å². The zero-order valence-electron chi connectivity index (χ0n) is 30.7. The fraction of sp³-hybridized carbons (Fsp3) is 0.0185. The van der Waals surface area contributed by atoms with Gasteiger partial charge in [0.15, 0.2) is 0 Å². The van der Waals surface area contributed by atoms with Gasteiger partial charge in [-0.1, -0.05) is 176 Å². The standard InChI is InChI=1S/C54H36N2/c1-4-18-37(19-5-1)39-22-16-23-40(34-39)41-35-49(38-20-6-2-7-21-38)55-50(36-41)44-27-17-31-48-53(44)43-26-10-11-28-45(43)54(48)46-29-12-14-32-51(46)56(42-24-8-3-9-25-42)52-33-15-13-30-47(52)54/h1-36H. The third-order valence-corrected chi connectivity index (χ3v) is 11.7. The molecule has 1 aliphatic carbocycles. The predicted molar refractivity (Wildman–Crippen MR) is 232 cm³/mol. The zero-order valence-corrected chi connectivity index (χ0v) is 30.7. The maximum Gasteiger partial charge on any atom is 0.0754 e. The quantitative estimate of drug-likeness (QED) is 0.177. The minimum absolute atomic E-state index is 0.537. The van der Waals surface area contributed by atoms with Crippen molar-refractivity contribution in [2.75, 3.05) is 4.90 Å². The molecule has 0 saturated heterocycles. The molecule has 0 atom stereocenters. The maximum absolute atomic E-state index is 5.50. The first-order chi connectivity index (χ1) is 27.8. The lowest BCUT2D eigenvalue weighted by Gasteiger charge is -2.45. The van der Waals surface area contributed by atoms with Gasteiger partial charge in [-0.25, -0.2) is 4.98 Å². The zero-order chi connectivity index (χ0) is 37.1. The van der Waals surface area contributed by atoms with Crippen molar-refractivity contribution in [2.45, 2.75) is 5.41 Å². The van der Waals surface area contributed by atoms with Gasteiger partial charge >= 0.3 is 0 Å². The van der Waals surface area contributed by atoms with Crippen LogP contribution in [0.2, 0.25) is 0 Å². The van der Waals surface area contributed by atoms with Gasteiger partial charge in [0.25, 0.3) is 0 Å². The number of aromatic nitrogens is 1. The lowest BCUT2D eigenvalue weighted by atomic mass is 9.64. The first-order valence-corrected chi connectivity index (χ1v) is 19.3. The second-order valence-corrected chi connectivity index (χ2v) is 14.7. The smallest absolute Gasteiger partial charge is 0.0754 e. The van der Waals surface area contributed by atoms with Crippen LogP contribution in [0, 0.1) is 0 Å². The van der Waals surface area contributed by atoms with Gasteiger partial charge in [-0.15, -0.1) is 0 Å². The fourth-order valence-corrected chi connectivity index (χ4v) is 9.32. The van der Waals surface area contributed by atoms with Gasteiger partial charge in [-0.3, -0.25) is 0 Å². The lowest BCUT2D eigenvalue weighted by molar-refractivity contribution is 0.753. The summed E-state index contributed by atoms with van der Waals surface area (Å²) in [6.07, 6.45) is 0. The Bertz CT molecular complexity index is 2870. The summed E-state index contributed by atoms with van der Waals surface area (Å²) in [4.78, 5) is 7.93. The summed E-state index contributed by atoms with van der Waals surface area (Å²) >= 11 is 0. The predicted octanol–water partition coefficient (Wildman–Crippen LogP) is 13.9. The topological polar surface area (TPSA) is 16.1 Å². The Labute approximate surface area is 327 Å². The number of nitrogens with zero attached hydrogens (tertiary/aromatic N) is 2. The number of para-hydroxylation sites is 3. The molecule has 56 heavy (non-hydrogen) atoms. The molecule has 9 aromatic rings. The molecule has 2 heteroatoms. The van der Waals surface area contributed by atoms with E-state index in [1.54, 1.807) is 0 Å². The molecule has 2 aliphatic rings. The molecule has 0 radical (unpaired) electrons. The molecule has 8 aromatic carbocycles. The van der Waals surface area contributed by atoms with Crippen LogP contribution < -0.4 is 4.90 Å². The average Bonchev–Trinajstić information content (AvgIpc) is 3.58. The van der Waals surface area contributed by atoms with Crippen LogP contribution in [-0.4, -0.2) is 4.98 Å². The molecule has 0 fully saturated rings. The van der Waals surface area contributed by atoms with Crippen molar-refractivity contribution in [1.82, 2.24) is 4.98 Å². The van der Waals surface area contributed by atoms with Gasteiger partial charge in [0, 0.05) is 16.8 Å². The second-order valence-electron chi connectivity index (χ2n) is 14.7.